The van der Waals surface area contributed by atoms with E-state index in [1.165, 1.54) is 13.0 Å². The van der Waals surface area contributed by atoms with E-state index in [-0.39, 0.29) is 0 Å². The normalized spacial score (nSPS) is 23.1. The molecule has 1 aliphatic rings. The monoisotopic (exact) mass is 144 g/mol. The molecule has 0 amide bonds. The van der Waals surface area contributed by atoms with Crippen LogP contribution in [0, 0.1) is 0 Å². The first-order valence-electron chi connectivity index (χ1n) is 4.28. The van der Waals surface area contributed by atoms with Gasteiger partial charge in [-0.05, 0) is 26.8 Å². The van der Waals surface area contributed by atoms with E-state index in [0.29, 0.717) is 12.2 Å². The maximum Gasteiger partial charge on any atom is 0.0585 e. The Hall–Kier alpha value is -0.0800. The lowest BCUT2D eigenvalue weighted by Crippen LogP contribution is -2.54. The summed E-state index contributed by atoms with van der Waals surface area (Å²) in [5.74, 6) is 0. The van der Waals surface area contributed by atoms with Crippen LogP contribution in [0.5, 0.6) is 0 Å². The van der Waals surface area contributed by atoms with Gasteiger partial charge < -0.3 is 5.32 Å². The summed E-state index contributed by atoms with van der Waals surface area (Å²) in [5.41, 5.74) is 0. The average Bonchev–Trinajstić information content (AvgIpc) is 1.84. The Kier molecular flexibility index (Phi) is 5.64. The Morgan fingerprint density at radius 1 is 1.40 bits per heavy atom. The van der Waals surface area contributed by atoms with Crippen molar-refractivity contribution in [3.05, 3.63) is 0 Å². The Morgan fingerprint density at radius 3 is 2.00 bits per heavy atom. The van der Waals surface area contributed by atoms with Crippen molar-refractivity contribution >= 4 is 0 Å². The first-order valence-corrected chi connectivity index (χ1v) is 4.28. The lowest BCUT2D eigenvalue weighted by molar-refractivity contribution is 0.290. The van der Waals surface area contributed by atoms with Gasteiger partial charge in [-0.25, -0.2) is 0 Å². The lowest BCUT2D eigenvalue weighted by Gasteiger charge is -2.30. The van der Waals surface area contributed by atoms with Crippen LogP contribution in [0.15, 0.2) is 0 Å². The van der Waals surface area contributed by atoms with Gasteiger partial charge in [-0.3, -0.25) is 5.32 Å². The number of hydrogen-bond donors (Lipinski definition) is 2. The SMILES string of the molecule is CC.CC(C)NC1CCN1. The van der Waals surface area contributed by atoms with E-state index in [9.17, 15) is 0 Å². The number of rotatable bonds is 2. The van der Waals surface area contributed by atoms with Crippen molar-refractivity contribution in [1.82, 2.24) is 10.6 Å². The molecule has 1 aliphatic heterocycles. The van der Waals surface area contributed by atoms with Crippen LogP contribution in [0.4, 0.5) is 0 Å². The van der Waals surface area contributed by atoms with Crippen LogP contribution in [0.1, 0.15) is 34.1 Å². The van der Waals surface area contributed by atoms with Gasteiger partial charge in [-0.2, -0.15) is 0 Å². The predicted octanol–water partition coefficient (Wildman–Crippen LogP) is 1.33. The predicted molar refractivity (Wildman–Crippen MR) is 46.0 cm³/mol. The van der Waals surface area contributed by atoms with Gasteiger partial charge in [-0.15, -0.1) is 0 Å². The average molecular weight is 144 g/mol. The number of nitrogens with one attached hydrogen (secondary N) is 2. The molecule has 1 heterocycles. The molecule has 0 radical (unpaired) electrons. The lowest BCUT2D eigenvalue weighted by atomic mass is 10.2. The summed E-state index contributed by atoms with van der Waals surface area (Å²) in [4.78, 5) is 0. The maximum atomic E-state index is 3.37. The van der Waals surface area contributed by atoms with Gasteiger partial charge in [0.15, 0.2) is 0 Å². The third kappa shape index (κ3) is 3.85. The largest absolute Gasteiger partial charge is 0.302 e. The Labute approximate surface area is 64.4 Å². The van der Waals surface area contributed by atoms with Crippen molar-refractivity contribution in [2.75, 3.05) is 6.54 Å². The second kappa shape index (κ2) is 5.69. The highest BCUT2D eigenvalue weighted by Crippen LogP contribution is 1.97. The first-order chi connectivity index (χ1) is 4.79. The van der Waals surface area contributed by atoms with E-state index < -0.39 is 0 Å². The quantitative estimate of drug-likeness (QED) is 0.611. The molecule has 1 unspecified atom stereocenters. The smallest absolute Gasteiger partial charge is 0.0585 e. The molecule has 0 spiro atoms. The molecule has 0 bridgehead atoms. The summed E-state index contributed by atoms with van der Waals surface area (Å²) >= 11 is 0. The molecule has 1 rings (SSSR count). The topological polar surface area (TPSA) is 24.1 Å². The van der Waals surface area contributed by atoms with Crippen LogP contribution >= 0.6 is 0 Å². The fraction of sp³-hybridized carbons (Fsp3) is 1.00. The Morgan fingerprint density at radius 2 is 1.90 bits per heavy atom. The van der Waals surface area contributed by atoms with Gasteiger partial charge >= 0.3 is 0 Å². The summed E-state index contributed by atoms with van der Waals surface area (Å²) in [5, 5.41) is 6.63. The molecule has 2 heteroatoms. The van der Waals surface area contributed by atoms with Crippen LogP contribution in [-0.4, -0.2) is 18.8 Å². The molecule has 62 valence electrons. The summed E-state index contributed by atoms with van der Waals surface area (Å²) in [6, 6.07) is 0.618. The molecule has 2 nitrogen and oxygen atoms in total. The van der Waals surface area contributed by atoms with Crippen molar-refractivity contribution < 1.29 is 0 Å². The molecule has 1 atom stereocenters. The molecule has 0 aromatic carbocycles. The third-order valence-corrected chi connectivity index (χ3v) is 1.36. The molecule has 0 saturated carbocycles. The van der Waals surface area contributed by atoms with Crippen LogP contribution < -0.4 is 10.6 Å². The van der Waals surface area contributed by atoms with E-state index in [4.69, 9.17) is 0 Å². The number of hydrogen-bond acceptors (Lipinski definition) is 2. The molecule has 0 aromatic rings. The zero-order valence-electron chi connectivity index (χ0n) is 7.57. The third-order valence-electron chi connectivity index (χ3n) is 1.36. The van der Waals surface area contributed by atoms with Gasteiger partial charge in [0.05, 0.1) is 6.17 Å². The molecule has 1 saturated heterocycles. The summed E-state index contributed by atoms with van der Waals surface area (Å²) in [6.45, 7) is 9.52. The summed E-state index contributed by atoms with van der Waals surface area (Å²) in [7, 11) is 0. The van der Waals surface area contributed by atoms with Gasteiger partial charge in [-0.1, -0.05) is 13.8 Å². The van der Waals surface area contributed by atoms with E-state index >= 15 is 0 Å². The molecular weight excluding hydrogens is 124 g/mol. The molecule has 10 heavy (non-hydrogen) atoms. The fourth-order valence-electron chi connectivity index (χ4n) is 0.833. The van der Waals surface area contributed by atoms with Crippen molar-refractivity contribution in [2.24, 2.45) is 0 Å². The van der Waals surface area contributed by atoms with Gasteiger partial charge in [0.2, 0.25) is 0 Å². The zero-order chi connectivity index (χ0) is 7.98. The zero-order valence-corrected chi connectivity index (χ0v) is 7.57. The van der Waals surface area contributed by atoms with Crippen LogP contribution in [-0.2, 0) is 0 Å². The highest BCUT2D eigenvalue weighted by atomic mass is 15.2. The van der Waals surface area contributed by atoms with Crippen LogP contribution in [0.2, 0.25) is 0 Å². The second-order valence-corrected chi connectivity index (χ2v) is 2.62. The van der Waals surface area contributed by atoms with Gasteiger partial charge in [0, 0.05) is 6.04 Å². The summed E-state index contributed by atoms with van der Waals surface area (Å²) < 4.78 is 0. The van der Waals surface area contributed by atoms with Crippen molar-refractivity contribution in [3.63, 3.8) is 0 Å². The van der Waals surface area contributed by atoms with E-state index in [1.54, 1.807) is 0 Å². The van der Waals surface area contributed by atoms with E-state index in [2.05, 4.69) is 24.5 Å². The van der Waals surface area contributed by atoms with E-state index in [1.807, 2.05) is 13.8 Å². The minimum Gasteiger partial charge on any atom is -0.302 e. The molecule has 1 fully saturated rings. The minimum atomic E-state index is 0.606. The van der Waals surface area contributed by atoms with Gasteiger partial charge in [0.25, 0.3) is 0 Å². The highest BCUT2D eigenvalue weighted by molar-refractivity contribution is 4.75. The van der Waals surface area contributed by atoms with Crippen LogP contribution in [0.25, 0.3) is 0 Å². The molecule has 0 aliphatic carbocycles. The van der Waals surface area contributed by atoms with Crippen molar-refractivity contribution in [3.8, 4) is 0 Å². The van der Waals surface area contributed by atoms with Crippen molar-refractivity contribution in [2.45, 2.75) is 46.3 Å². The Bertz CT molecular complexity index is 67.7. The molecule has 0 aromatic heterocycles. The summed E-state index contributed by atoms with van der Waals surface area (Å²) in [6.07, 6.45) is 1.90. The maximum absolute atomic E-state index is 3.37. The highest BCUT2D eigenvalue weighted by Gasteiger charge is 2.15. The standard InChI is InChI=1S/C6H14N2.C2H6/c1-5(2)8-6-3-4-7-6;1-2/h5-8H,3-4H2,1-2H3;1-2H3. The van der Waals surface area contributed by atoms with E-state index in [0.717, 1.165) is 0 Å². The molecule has 2 N–H and O–H groups in total. The first kappa shape index (κ1) is 9.92. The van der Waals surface area contributed by atoms with Gasteiger partial charge in [0.1, 0.15) is 0 Å². The Balaban J connectivity index is 0.000000371. The van der Waals surface area contributed by atoms with Crippen LogP contribution in [0.3, 0.4) is 0 Å². The minimum absolute atomic E-state index is 0.606. The molecular formula is C8H20N2. The van der Waals surface area contributed by atoms with Crippen molar-refractivity contribution in [1.29, 1.82) is 0 Å². The second-order valence-electron chi connectivity index (χ2n) is 2.62. The fourth-order valence-corrected chi connectivity index (χ4v) is 0.833.